The molecule has 1 aliphatic carbocycles. The Bertz CT molecular complexity index is 1950. The molecule has 47 heavy (non-hydrogen) atoms. The van der Waals surface area contributed by atoms with Crippen molar-refractivity contribution in [1.82, 2.24) is 24.0 Å². The summed E-state index contributed by atoms with van der Waals surface area (Å²) in [6.45, 7) is 3.99. The van der Waals surface area contributed by atoms with Gasteiger partial charge in [0.2, 0.25) is 0 Å². The number of imidazole rings is 2. The molecule has 3 aromatic carbocycles. The number of carboxylic acids is 1. The molecule has 0 unspecified atom stereocenters. The van der Waals surface area contributed by atoms with E-state index in [4.69, 9.17) is 19.7 Å². The van der Waals surface area contributed by atoms with Gasteiger partial charge in [-0.25, -0.2) is 19.2 Å². The molecule has 5 aromatic rings. The molecule has 1 N–H and O–H groups in total. The fraction of sp³-hybridized carbons (Fsp3) is 0.333. The zero-order valence-corrected chi connectivity index (χ0v) is 25.9. The second-order valence-electron chi connectivity index (χ2n) is 12.4. The summed E-state index contributed by atoms with van der Waals surface area (Å²) in [4.78, 5) is 23.5. The Morgan fingerprint density at radius 1 is 1.04 bits per heavy atom. The molecule has 2 fully saturated rings. The summed E-state index contributed by atoms with van der Waals surface area (Å²) in [5.41, 5.74) is 4.01. The maximum Gasteiger partial charge on any atom is 0.335 e. The van der Waals surface area contributed by atoms with Gasteiger partial charge in [0.25, 0.3) is 0 Å². The predicted octanol–water partition coefficient (Wildman–Crippen LogP) is 6.02. The minimum absolute atomic E-state index is 0.0482. The average molecular weight is 635 g/mol. The van der Waals surface area contributed by atoms with Crippen molar-refractivity contribution in [2.45, 2.75) is 58.0 Å². The fourth-order valence-electron chi connectivity index (χ4n) is 6.12. The number of hydrogen-bond acceptors (Lipinski definition) is 7. The molecule has 1 saturated carbocycles. The first-order chi connectivity index (χ1) is 22.9. The SMILES string of the molecule is N#Cc1ccc(OCc2cccc(OC3CCN(Cc4nc5ccc(C(=O)O)cc5n4Cc4cncn4CC4CC4)CC3)c2)c(F)c1. The molecule has 1 saturated heterocycles. The van der Waals surface area contributed by atoms with Crippen LogP contribution in [0, 0.1) is 23.1 Å². The number of piperidine rings is 1. The van der Waals surface area contributed by atoms with Crippen LogP contribution in [0.3, 0.4) is 0 Å². The van der Waals surface area contributed by atoms with Crippen LogP contribution in [-0.2, 0) is 26.2 Å². The zero-order chi connectivity index (χ0) is 32.3. The van der Waals surface area contributed by atoms with Gasteiger partial charge < -0.3 is 23.7 Å². The quantitative estimate of drug-likeness (QED) is 0.177. The van der Waals surface area contributed by atoms with Gasteiger partial charge in [0.05, 0.1) is 53.3 Å². The van der Waals surface area contributed by atoms with Crippen LogP contribution in [0.5, 0.6) is 11.5 Å². The van der Waals surface area contributed by atoms with E-state index in [0.717, 1.165) is 72.4 Å². The van der Waals surface area contributed by atoms with Crippen molar-refractivity contribution < 1.29 is 23.8 Å². The topological polar surface area (TPSA) is 118 Å². The number of benzene rings is 3. The molecule has 7 rings (SSSR count). The number of aromatic nitrogens is 4. The van der Waals surface area contributed by atoms with Crippen LogP contribution in [0.4, 0.5) is 4.39 Å². The molecule has 0 radical (unpaired) electrons. The van der Waals surface area contributed by atoms with E-state index in [2.05, 4.69) is 19.0 Å². The highest BCUT2D eigenvalue weighted by molar-refractivity contribution is 5.92. The molecule has 0 amide bonds. The normalized spacial score (nSPS) is 15.5. The second kappa shape index (κ2) is 13.3. The van der Waals surface area contributed by atoms with Gasteiger partial charge in [-0.3, -0.25) is 4.90 Å². The number of halogens is 1. The Hall–Kier alpha value is -5.21. The van der Waals surface area contributed by atoms with E-state index in [-0.39, 0.29) is 29.6 Å². The van der Waals surface area contributed by atoms with Crippen molar-refractivity contribution >= 4 is 17.0 Å². The molecule has 3 heterocycles. The number of hydrogen-bond donors (Lipinski definition) is 1. The number of ether oxygens (including phenoxy) is 2. The minimum Gasteiger partial charge on any atom is -0.490 e. The van der Waals surface area contributed by atoms with Gasteiger partial charge in [-0.05, 0) is 85.7 Å². The Morgan fingerprint density at radius 2 is 1.89 bits per heavy atom. The lowest BCUT2D eigenvalue weighted by atomic mass is 10.1. The number of carbonyl (C=O) groups is 1. The summed E-state index contributed by atoms with van der Waals surface area (Å²) in [5, 5.41) is 18.6. The van der Waals surface area contributed by atoms with Crippen molar-refractivity contribution in [2.24, 2.45) is 5.92 Å². The van der Waals surface area contributed by atoms with Crippen molar-refractivity contribution in [1.29, 1.82) is 5.26 Å². The lowest BCUT2D eigenvalue weighted by Crippen LogP contribution is -2.38. The lowest BCUT2D eigenvalue weighted by Gasteiger charge is -2.32. The van der Waals surface area contributed by atoms with Crippen LogP contribution in [0.25, 0.3) is 11.0 Å². The van der Waals surface area contributed by atoms with Crippen molar-refractivity contribution in [3.8, 4) is 17.6 Å². The van der Waals surface area contributed by atoms with E-state index in [9.17, 15) is 14.3 Å². The highest BCUT2D eigenvalue weighted by Gasteiger charge is 2.25. The van der Waals surface area contributed by atoms with Crippen LogP contribution < -0.4 is 9.47 Å². The lowest BCUT2D eigenvalue weighted by molar-refractivity contribution is 0.0697. The number of carboxylic acid groups (broad SMARTS) is 1. The molecule has 0 atom stereocenters. The van der Waals surface area contributed by atoms with E-state index in [0.29, 0.717) is 19.0 Å². The van der Waals surface area contributed by atoms with Gasteiger partial charge in [0.15, 0.2) is 11.6 Å². The van der Waals surface area contributed by atoms with E-state index in [1.54, 1.807) is 18.2 Å². The monoisotopic (exact) mass is 634 g/mol. The largest absolute Gasteiger partial charge is 0.490 e. The van der Waals surface area contributed by atoms with Gasteiger partial charge >= 0.3 is 5.97 Å². The van der Waals surface area contributed by atoms with Gasteiger partial charge in [-0.1, -0.05) is 12.1 Å². The molecule has 240 valence electrons. The average Bonchev–Trinajstić information content (AvgIpc) is 3.69. The first-order valence-electron chi connectivity index (χ1n) is 15.9. The summed E-state index contributed by atoms with van der Waals surface area (Å²) in [5.74, 6) is 0.918. The summed E-state index contributed by atoms with van der Waals surface area (Å²) >= 11 is 0. The third-order valence-electron chi connectivity index (χ3n) is 8.90. The number of aromatic carboxylic acids is 1. The number of fused-ring (bicyclic) bond motifs is 1. The molecule has 0 spiro atoms. The highest BCUT2D eigenvalue weighted by Crippen LogP contribution is 2.31. The number of nitriles is 1. The van der Waals surface area contributed by atoms with Gasteiger partial charge in [-0.2, -0.15) is 5.26 Å². The van der Waals surface area contributed by atoms with Gasteiger partial charge in [0.1, 0.15) is 24.3 Å². The van der Waals surface area contributed by atoms with E-state index in [1.165, 1.54) is 25.0 Å². The van der Waals surface area contributed by atoms with Crippen molar-refractivity contribution in [2.75, 3.05) is 13.1 Å². The molecule has 1 aliphatic heterocycles. The Labute approximate surface area is 271 Å². The zero-order valence-electron chi connectivity index (χ0n) is 25.9. The number of likely N-dealkylation sites (tertiary alicyclic amines) is 1. The summed E-state index contributed by atoms with van der Waals surface area (Å²) in [7, 11) is 0. The molecule has 2 aliphatic rings. The number of nitrogens with zero attached hydrogens (tertiary/aromatic N) is 6. The Kier molecular flexibility index (Phi) is 8.59. The van der Waals surface area contributed by atoms with E-state index < -0.39 is 11.8 Å². The van der Waals surface area contributed by atoms with Crippen LogP contribution in [0.15, 0.2) is 73.2 Å². The summed E-state index contributed by atoms with van der Waals surface area (Å²) in [6.07, 6.45) is 8.02. The third-order valence-corrected chi connectivity index (χ3v) is 8.90. The standard InChI is InChI=1S/C36H35FN6O4/c37-31-15-25(17-38)6-9-34(31)46-22-26-2-1-3-30(14-26)47-29-10-12-41(13-11-29)21-35-40-32-8-7-27(36(44)45)16-33(32)43(35)20-28-18-39-23-42(28)19-24-4-5-24/h1-3,6-9,14-16,18,23-24,29H,4-5,10-13,19-22H2,(H,44,45). The Morgan fingerprint density at radius 3 is 2.66 bits per heavy atom. The Balaban J connectivity index is 0.997. The summed E-state index contributed by atoms with van der Waals surface area (Å²) in [6, 6.07) is 18.8. The minimum atomic E-state index is -0.958. The number of rotatable bonds is 12. The van der Waals surface area contributed by atoms with Crippen molar-refractivity contribution in [3.05, 3.63) is 107 Å². The highest BCUT2D eigenvalue weighted by atomic mass is 19.1. The summed E-state index contributed by atoms with van der Waals surface area (Å²) < 4.78 is 30.6. The molecule has 10 nitrogen and oxygen atoms in total. The second-order valence-corrected chi connectivity index (χ2v) is 12.4. The van der Waals surface area contributed by atoms with Crippen LogP contribution in [-0.4, -0.2) is 54.3 Å². The third kappa shape index (κ3) is 7.13. The first-order valence-corrected chi connectivity index (χ1v) is 15.9. The smallest absolute Gasteiger partial charge is 0.335 e. The molecule has 2 aromatic heterocycles. The predicted molar refractivity (Wildman–Crippen MR) is 172 cm³/mol. The maximum absolute atomic E-state index is 14.2. The molecular formula is C36H35FN6O4. The van der Waals surface area contributed by atoms with Crippen LogP contribution in [0.2, 0.25) is 0 Å². The molecule has 11 heteroatoms. The molecular weight excluding hydrogens is 599 g/mol. The van der Waals surface area contributed by atoms with Crippen LogP contribution in [0.1, 0.15) is 58.7 Å². The first kappa shape index (κ1) is 30.4. The van der Waals surface area contributed by atoms with E-state index in [1.807, 2.05) is 42.9 Å². The maximum atomic E-state index is 14.2. The molecule has 0 bridgehead atoms. The van der Waals surface area contributed by atoms with Crippen molar-refractivity contribution in [3.63, 3.8) is 0 Å². The van der Waals surface area contributed by atoms with Crippen LogP contribution >= 0.6 is 0 Å². The van der Waals surface area contributed by atoms with Gasteiger partial charge in [0, 0.05) is 25.8 Å². The fourth-order valence-corrected chi connectivity index (χ4v) is 6.12. The van der Waals surface area contributed by atoms with Gasteiger partial charge in [-0.15, -0.1) is 0 Å². The van der Waals surface area contributed by atoms with E-state index >= 15 is 0 Å².